The van der Waals surface area contributed by atoms with E-state index in [9.17, 15) is 25.9 Å². The molecule has 5 aromatic rings. The van der Waals surface area contributed by atoms with Crippen molar-refractivity contribution in [1.82, 2.24) is 0 Å². The van der Waals surface area contributed by atoms with Crippen molar-refractivity contribution in [2.24, 2.45) is 0 Å². The molecule has 0 radical (unpaired) electrons. The second kappa shape index (κ2) is 13.7. The SMILES string of the molecule is O=S(=O)([O-])CCCN1C(=Cc2sc3ccc4ccccc4c3[n+]2CCCS(=O)(=O)[O-])Oc2ccc(-c3ccccc3)cc21.[K+]. The molecule has 1 aromatic heterocycles. The predicted molar refractivity (Wildman–Crippen MR) is 166 cm³/mol. The molecule has 13 heteroatoms. The fourth-order valence-corrected chi connectivity index (χ4v) is 7.45. The van der Waals surface area contributed by atoms with Crippen molar-refractivity contribution >= 4 is 64.3 Å². The van der Waals surface area contributed by atoms with Gasteiger partial charge >= 0.3 is 51.4 Å². The van der Waals surface area contributed by atoms with Gasteiger partial charge in [0.15, 0.2) is 12.3 Å². The summed E-state index contributed by atoms with van der Waals surface area (Å²) in [6, 6.07) is 27.6. The Balaban J connectivity index is 0.00000384. The summed E-state index contributed by atoms with van der Waals surface area (Å²) in [4.78, 5) is 1.86. The quantitative estimate of drug-likeness (QED) is 0.125. The summed E-state index contributed by atoms with van der Waals surface area (Å²) in [5, 5.41) is 2.78. The number of rotatable bonds is 10. The second-order valence-corrected chi connectivity index (χ2v) is 14.4. The third-order valence-electron chi connectivity index (χ3n) is 7.25. The molecule has 6 rings (SSSR count). The average molecular weight is 675 g/mol. The van der Waals surface area contributed by atoms with E-state index in [-0.39, 0.29) is 77.3 Å². The van der Waals surface area contributed by atoms with Gasteiger partial charge in [-0.3, -0.25) is 0 Å². The number of thiazole rings is 1. The maximum Gasteiger partial charge on any atom is 1.00 e. The number of nitrogens with zero attached hydrogens (tertiary/aromatic N) is 2. The van der Waals surface area contributed by atoms with E-state index in [4.69, 9.17) is 4.74 Å². The van der Waals surface area contributed by atoms with Crippen LogP contribution in [-0.2, 0) is 26.8 Å². The number of ether oxygens (including phenoxy) is 1. The molecule has 222 valence electrons. The van der Waals surface area contributed by atoms with E-state index >= 15 is 0 Å². The minimum Gasteiger partial charge on any atom is -0.748 e. The molecule has 4 aromatic carbocycles. The molecule has 0 bridgehead atoms. The zero-order chi connectivity index (χ0) is 30.2. The molecule has 0 N–H and O–H groups in total. The second-order valence-electron chi connectivity index (χ2n) is 10.2. The molecule has 0 fully saturated rings. The van der Waals surface area contributed by atoms with Crippen LogP contribution in [0.15, 0.2) is 90.8 Å². The first-order valence-electron chi connectivity index (χ1n) is 13.6. The van der Waals surface area contributed by atoms with E-state index in [1.165, 1.54) is 11.3 Å². The van der Waals surface area contributed by atoms with Crippen molar-refractivity contribution in [2.75, 3.05) is 23.0 Å². The van der Waals surface area contributed by atoms with Crippen LogP contribution in [0.25, 0.3) is 38.2 Å². The van der Waals surface area contributed by atoms with Crippen LogP contribution in [-0.4, -0.2) is 44.0 Å². The van der Waals surface area contributed by atoms with Crippen molar-refractivity contribution in [3.05, 3.63) is 95.8 Å². The Bertz CT molecular complexity index is 2080. The van der Waals surface area contributed by atoms with Crippen LogP contribution in [0, 0.1) is 0 Å². The van der Waals surface area contributed by atoms with Gasteiger partial charge in [-0.25, -0.2) is 16.8 Å². The number of hydrogen-bond donors (Lipinski definition) is 0. The van der Waals surface area contributed by atoms with Gasteiger partial charge in [-0.2, -0.15) is 4.57 Å². The van der Waals surface area contributed by atoms with Crippen LogP contribution in [0.3, 0.4) is 0 Å². The predicted octanol–water partition coefficient (Wildman–Crippen LogP) is 2.08. The summed E-state index contributed by atoms with van der Waals surface area (Å²) < 4.78 is 77.7. The summed E-state index contributed by atoms with van der Waals surface area (Å²) >= 11 is 1.50. The molecule has 2 heterocycles. The average Bonchev–Trinajstić information content (AvgIpc) is 3.49. The Kier molecular flexibility index (Phi) is 10.3. The number of aryl methyl sites for hydroxylation is 1. The molecule has 0 unspecified atom stereocenters. The maximum atomic E-state index is 11.4. The van der Waals surface area contributed by atoms with Crippen LogP contribution < -0.4 is 65.6 Å². The molecular formula is C31H27KN2O7S3. The Labute approximate surface area is 302 Å². The van der Waals surface area contributed by atoms with E-state index in [1.54, 1.807) is 0 Å². The monoisotopic (exact) mass is 674 g/mol. The van der Waals surface area contributed by atoms with E-state index in [1.807, 2.05) is 100 Å². The van der Waals surface area contributed by atoms with Gasteiger partial charge in [0.1, 0.15) is 4.70 Å². The standard InChI is InChI=1S/C31H28N2O7S3.K/c34-42(35,36)18-6-16-32-26-20-24(22-8-2-1-3-9-22)12-14-27(26)40-29(32)21-30-33(17-7-19-43(37,38)39)31-25-11-5-4-10-23(25)13-15-28(31)41-30;/h1-5,8-15,20-21H,6-7,16-19H2,(H-,34,35,36,37,38,39);/q;+1/p-1. The van der Waals surface area contributed by atoms with E-state index in [2.05, 4.69) is 0 Å². The fraction of sp³-hybridized carbons (Fsp3) is 0.194. The largest absolute Gasteiger partial charge is 1.00 e. The smallest absolute Gasteiger partial charge is 0.748 e. The molecule has 1 aliphatic rings. The molecule has 44 heavy (non-hydrogen) atoms. The van der Waals surface area contributed by atoms with Crippen LogP contribution in [0.1, 0.15) is 17.8 Å². The van der Waals surface area contributed by atoms with Crippen molar-refractivity contribution in [2.45, 2.75) is 19.4 Å². The first-order valence-corrected chi connectivity index (χ1v) is 17.6. The first kappa shape index (κ1) is 33.2. The first-order chi connectivity index (χ1) is 20.6. The number of fused-ring (bicyclic) bond motifs is 4. The van der Waals surface area contributed by atoms with Crippen molar-refractivity contribution < 1.29 is 86.6 Å². The van der Waals surface area contributed by atoms with E-state index in [0.29, 0.717) is 11.6 Å². The van der Waals surface area contributed by atoms with E-state index < -0.39 is 31.7 Å². The number of anilines is 1. The minimum absolute atomic E-state index is 0. The number of hydrogen-bond acceptors (Lipinski definition) is 9. The number of aromatic nitrogens is 1. The molecule has 0 amide bonds. The third kappa shape index (κ3) is 7.61. The Morgan fingerprint density at radius 3 is 2.27 bits per heavy atom. The topological polar surface area (TPSA) is 131 Å². The maximum absolute atomic E-state index is 11.4. The van der Waals surface area contributed by atoms with Gasteiger partial charge in [0.2, 0.25) is 11.4 Å². The summed E-state index contributed by atoms with van der Waals surface area (Å²) in [6.07, 6.45) is 2.08. The Morgan fingerprint density at radius 1 is 0.818 bits per heavy atom. The van der Waals surface area contributed by atoms with Crippen molar-refractivity contribution in [3.8, 4) is 16.9 Å². The van der Waals surface area contributed by atoms with Crippen LogP contribution in [0.4, 0.5) is 5.69 Å². The zero-order valence-corrected chi connectivity index (χ0v) is 29.5. The van der Waals surface area contributed by atoms with Crippen LogP contribution in [0.2, 0.25) is 0 Å². The van der Waals surface area contributed by atoms with Gasteiger partial charge in [0.25, 0.3) is 5.01 Å². The van der Waals surface area contributed by atoms with E-state index in [0.717, 1.165) is 42.8 Å². The molecule has 0 saturated carbocycles. The van der Waals surface area contributed by atoms with Gasteiger partial charge in [-0.15, -0.1) is 0 Å². The van der Waals surface area contributed by atoms with Gasteiger partial charge in [-0.1, -0.05) is 72.0 Å². The number of benzene rings is 4. The summed E-state index contributed by atoms with van der Waals surface area (Å²) in [7, 11) is -8.79. The molecular weight excluding hydrogens is 648 g/mol. The van der Waals surface area contributed by atoms with Gasteiger partial charge < -0.3 is 18.7 Å². The van der Waals surface area contributed by atoms with Gasteiger partial charge in [0.05, 0.1) is 37.4 Å². The molecule has 9 nitrogen and oxygen atoms in total. The fourth-order valence-electron chi connectivity index (χ4n) is 5.36. The minimum atomic E-state index is -4.40. The summed E-state index contributed by atoms with van der Waals surface area (Å²) in [5.74, 6) is 0.0391. The molecule has 0 aliphatic carbocycles. The van der Waals surface area contributed by atoms with Crippen molar-refractivity contribution in [1.29, 1.82) is 0 Å². The summed E-state index contributed by atoms with van der Waals surface area (Å²) in [5.41, 5.74) is 3.62. The molecule has 1 aliphatic heterocycles. The van der Waals surface area contributed by atoms with Crippen LogP contribution >= 0.6 is 11.3 Å². The van der Waals surface area contributed by atoms with Crippen LogP contribution in [0.5, 0.6) is 5.75 Å². The Hall–Kier alpha value is -2.17. The normalized spacial score (nSPS) is 14.1. The third-order valence-corrected chi connectivity index (χ3v) is 9.92. The van der Waals surface area contributed by atoms with Gasteiger partial charge in [-0.05, 0) is 47.2 Å². The molecule has 0 spiro atoms. The van der Waals surface area contributed by atoms with Gasteiger partial charge in [0, 0.05) is 24.5 Å². The molecule has 0 saturated heterocycles. The summed E-state index contributed by atoms with van der Waals surface area (Å²) in [6.45, 7) is 0.509. The zero-order valence-electron chi connectivity index (χ0n) is 23.9. The Morgan fingerprint density at radius 2 is 1.52 bits per heavy atom. The van der Waals surface area contributed by atoms with Crippen molar-refractivity contribution in [3.63, 3.8) is 0 Å². The molecule has 0 atom stereocenters.